The Bertz CT molecular complexity index is 350. The summed E-state index contributed by atoms with van der Waals surface area (Å²) in [5.74, 6) is 1.67. The molecule has 2 rings (SSSR count). The zero-order chi connectivity index (χ0) is 10.3. The van der Waals surface area contributed by atoms with Crippen molar-refractivity contribution in [1.82, 2.24) is 0 Å². The molecule has 1 aromatic rings. The molecule has 0 N–H and O–H groups in total. The van der Waals surface area contributed by atoms with Crippen LogP contribution in [-0.2, 0) is 6.42 Å². The monoisotopic (exact) mass is 190 g/mol. The Morgan fingerprint density at radius 3 is 2.64 bits per heavy atom. The largest absolute Gasteiger partial charge is 0.487 e. The Morgan fingerprint density at radius 2 is 2.00 bits per heavy atom. The molecule has 1 aliphatic rings. The lowest BCUT2D eigenvalue weighted by Crippen LogP contribution is -2.24. The van der Waals surface area contributed by atoms with Crippen LogP contribution in [0.2, 0.25) is 0 Å². The summed E-state index contributed by atoms with van der Waals surface area (Å²) < 4.78 is 5.83. The van der Waals surface area contributed by atoms with Crippen LogP contribution in [0, 0.1) is 0 Å². The lowest BCUT2D eigenvalue weighted by atomic mass is 9.96. The third-order valence-corrected chi connectivity index (χ3v) is 2.75. The highest BCUT2D eigenvalue weighted by atomic mass is 16.5. The fourth-order valence-electron chi connectivity index (χ4n) is 1.99. The summed E-state index contributed by atoms with van der Waals surface area (Å²) in [4.78, 5) is 0. The molecule has 1 aliphatic heterocycles. The van der Waals surface area contributed by atoms with Crippen molar-refractivity contribution in [1.29, 1.82) is 0 Å². The van der Waals surface area contributed by atoms with Gasteiger partial charge >= 0.3 is 0 Å². The molecule has 0 saturated carbocycles. The van der Waals surface area contributed by atoms with E-state index in [4.69, 9.17) is 4.74 Å². The maximum absolute atomic E-state index is 5.83. The van der Waals surface area contributed by atoms with Crippen LogP contribution in [0.15, 0.2) is 18.2 Å². The van der Waals surface area contributed by atoms with Gasteiger partial charge in [0, 0.05) is 6.42 Å². The minimum absolute atomic E-state index is 0.0159. The molecule has 76 valence electrons. The van der Waals surface area contributed by atoms with Crippen LogP contribution in [0.3, 0.4) is 0 Å². The van der Waals surface area contributed by atoms with Crippen molar-refractivity contribution in [3.05, 3.63) is 29.3 Å². The van der Waals surface area contributed by atoms with Gasteiger partial charge in [-0.15, -0.1) is 0 Å². The van der Waals surface area contributed by atoms with E-state index >= 15 is 0 Å². The summed E-state index contributed by atoms with van der Waals surface area (Å²) in [6, 6.07) is 6.57. The number of rotatable bonds is 1. The summed E-state index contributed by atoms with van der Waals surface area (Å²) in [6.45, 7) is 8.73. The molecule has 1 heteroatoms. The predicted molar refractivity (Wildman–Crippen MR) is 58.9 cm³/mol. The Labute approximate surface area is 86.1 Å². The van der Waals surface area contributed by atoms with Gasteiger partial charge in [0.2, 0.25) is 0 Å². The molecule has 1 aromatic carbocycles. The highest BCUT2D eigenvalue weighted by Crippen LogP contribution is 2.36. The van der Waals surface area contributed by atoms with Crippen molar-refractivity contribution in [2.75, 3.05) is 0 Å². The van der Waals surface area contributed by atoms with Gasteiger partial charge in [0.15, 0.2) is 0 Å². The van der Waals surface area contributed by atoms with Crippen molar-refractivity contribution in [3.8, 4) is 5.75 Å². The fraction of sp³-hybridized carbons (Fsp3) is 0.538. The van der Waals surface area contributed by atoms with Crippen molar-refractivity contribution < 1.29 is 4.74 Å². The Kier molecular flexibility index (Phi) is 2.06. The maximum Gasteiger partial charge on any atom is 0.123 e. The molecule has 0 atom stereocenters. The lowest BCUT2D eigenvalue weighted by molar-refractivity contribution is 0.138. The van der Waals surface area contributed by atoms with E-state index in [2.05, 4.69) is 45.9 Å². The first kappa shape index (κ1) is 9.57. The number of hydrogen-bond acceptors (Lipinski definition) is 1. The summed E-state index contributed by atoms with van der Waals surface area (Å²) in [7, 11) is 0. The van der Waals surface area contributed by atoms with Crippen molar-refractivity contribution in [3.63, 3.8) is 0 Å². The molecule has 0 spiro atoms. The minimum atomic E-state index is -0.0159. The van der Waals surface area contributed by atoms with Crippen LogP contribution >= 0.6 is 0 Å². The van der Waals surface area contributed by atoms with Crippen molar-refractivity contribution >= 4 is 0 Å². The number of benzene rings is 1. The molecule has 1 heterocycles. The molecule has 0 bridgehead atoms. The summed E-state index contributed by atoms with van der Waals surface area (Å²) in [5, 5.41) is 0. The zero-order valence-corrected chi connectivity index (χ0v) is 9.42. The molecule has 14 heavy (non-hydrogen) atoms. The van der Waals surface area contributed by atoms with Gasteiger partial charge in [-0.05, 0) is 37.0 Å². The van der Waals surface area contributed by atoms with E-state index in [1.807, 2.05) is 0 Å². The standard InChI is InChI=1S/C13H18O/c1-9(2)10-5-6-12-11(7-10)8-13(3,4)14-12/h5-7,9H,8H2,1-4H3. The summed E-state index contributed by atoms with van der Waals surface area (Å²) in [6.07, 6.45) is 1.03. The number of ether oxygens (including phenoxy) is 1. The van der Waals surface area contributed by atoms with E-state index in [0.717, 1.165) is 12.2 Å². The van der Waals surface area contributed by atoms with Crippen LogP contribution in [0.4, 0.5) is 0 Å². The number of hydrogen-bond donors (Lipinski definition) is 0. The van der Waals surface area contributed by atoms with Crippen molar-refractivity contribution in [2.24, 2.45) is 0 Å². The molecule has 0 unspecified atom stereocenters. The second kappa shape index (κ2) is 3.01. The molecule has 0 aromatic heterocycles. The molecular weight excluding hydrogens is 172 g/mol. The lowest BCUT2D eigenvalue weighted by Gasteiger charge is -2.16. The van der Waals surface area contributed by atoms with Gasteiger partial charge in [-0.25, -0.2) is 0 Å². The molecule has 1 nitrogen and oxygen atoms in total. The summed E-state index contributed by atoms with van der Waals surface area (Å²) >= 11 is 0. The predicted octanol–water partition coefficient (Wildman–Crippen LogP) is 3.52. The first-order chi connectivity index (χ1) is 6.48. The Hall–Kier alpha value is -0.980. The van der Waals surface area contributed by atoms with Gasteiger partial charge in [-0.3, -0.25) is 0 Å². The third kappa shape index (κ3) is 1.63. The second-order valence-electron chi connectivity index (χ2n) is 5.06. The Morgan fingerprint density at radius 1 is 1.29 bits per heavy atom. The van der Waals surface area contributed by atoms with Gasteiger partial charge in [0.1, 0.15) is 11.4 Å². The SMILES string of the molecule is CC(C)c1ccc2c(c1)CC(C)(C)O2. The molecule has 0 radical (unpaired) electrons. The van der Waals surface area contributed by atoms with Crippen LogP contribution in [0.1, 0.15) is 44.7 Å². The molecule has 0 fully saturated rings. The Balaban J connectivity index is 2.36. The molecule has 0 saturated heterocycles. The normalized spacial score (nSPS) is 18.1. The molecule has 0 aliphatic carbocycles. The average Bonchev–Trinajstić information content (AvgIpc) is 2.36. The van der Waals surface area contributed by atoms with E-state index in [1.165, 1.54) is 11.1 Å². The van der Waals surface area contributed by atoms with Crippen molar-refractivity contribution in [2.45, 2.75) is 45.6 Å². The topological polar surface area (TPSA) is 9.23 Å². The molecule has 0 amide bonds. The van der Waals surface area contributed by atoms with Crippen LogP contribution in [0.25, 0.3) is 0 Å². The number of fused-ring (bicyclic) bond motifs is 1. The summed E-state index contributed by atoms with van der Waals surface area (Å²) in [5.41, 5.74) is 2.75. The van der Waals surface area contributed by atoms with E-state index in [9.17, 15) is 0 Å². The van der Waals surface area contributed by atoms with E-state index in [-0.39, 0.29) is 5.60 Å². The van der Waals surface area contributed by atoms with Gasteiger partial charge in [0.25, 0.3) is 0 Å². The first-order valence-electron chi connectivity index (χ1n) is 5.30. The highest BCUT2D eigenvalue weighted by molar-refractivity contribution is 5.42. The second-order valence-corrected chi connectivity index (χ2v) is 5.06. The van der Waals surface area contributed by atoms with Gasteiger partial charge in [0.05, 0.1) is 0 Å². The average molecular weight is 190 g/mol. The van der Waals surface area contributed by atoms with E-state index < -0.39 is 0 Å². The van der Waals surface area contributed by atoms with Gasteiger partial charge < -0.3 is 4.74 Å². The smallest absolute Gasteiger partial charge is 0.123 e. The quantitative estimate of drug-likeness (QED) is 0.658. The van der Waals surface area contributed by atoms with Crippen LogP contribution < -0.4 is 4.74 Å². The van der Waals surface area contributed by atoms with E-state index in [0.29, 0.717) is 5.92 Å². The third-order valence-electron chi connectivity index (χ3n) is 2.75. The zero-order valence-electron chi connectivity index (χ0n) is 9.42. The van der Waals surface area contributed by atoms with Crippen LogP contribution in [0.5, 0.6) is 5.75 Å². The highest BCUT2D eigenvalue weighted by Gasteiger charge is 2.29. The molecular formula is C13H18O. The van der Waals surface area contributed by atoms with E-state index in [1.54, 1.807) is 0 Å². The first-order valence-corrected chi connectivity index (χ1v) is 5.30. The van der Waals surface area contributed by atoms with Gasteiger partial charge in [-0.2, -0.15) is 0 Å². The van der Waals surface area contributed by atoms with Crippen LogP contribution in [-0.4, -0.2) is 5.60 Å². The minimum Gasteiger partial charge on any atom is -0.487 e. The van der Waals surface area contributed by atoms with Gasteiger partial charge in [-0.1, -0.05) is 26.0 Å². The fourth-order valence-corrected chi connectivity index (χ4v) is 1.99. The maximum atomic E-state index is 5.83.